The molecule has 0 bridgehead atoms. The first-order valence-corrected chi connectivity index (χ1v) is 7.62. The van der Waals surface area contributed by atoms with Crippen LogP contribution >= 0.6 is 11.6 Å². The minimum atomic E-state index is -3.70. The summed E-state index contributed by atoms with van der Waals surface area (Å²) in [5, 5.41) is 0.142. The molecule has 2 rings (SSSR count). The minimum absolute atomic E-state index is 0.0189. The second-order valence-corrected chi connectivity index (χ2v) is 6.14. The van der Waals surface area contributed by atoms with Crippen LogP contribution < -0.4 is 10.5 Å². The van der Waals surface area contributed by atoms with Crippen molar-refractivity contribution in [2.45, 2.75) is 18.0 Å². The largest absolute Gasteiger partial charge is 0.326 e. The van der Waals surface area contributed by atoms with Crippen LogP contribution in [0.2, 0.25) is 5.02 Å². The van der Waals surface area contributed by atoms with E-state index in [1.807, 2.05) is 0 Å². The molecule has 1 aromatic heterocycles. The van der Waals surface area contributed by atoms with Crippen molar-refractivity contribution in [3.63, 3.8) is 0 Å². The fourth-order valence-electron chi connectivity index (χ4n) is 1.56. The highest BCUT2D eigenvalue weighted by atomic mass is 35.5. The average molecular weight is 313 g/mol. The molecule has 0 spiro atoms. The number of nitrogens with one attached hydrogen (secondary N) is 1. The van der Waals surface area contributed by atoms with Gasteiger partial charge < -0.3 is 5.73 Å². The Labute approximate surface area is 122 Å². The van der Waals surface area contributed by atoms with E-state index < -0.39 is 10.0 Å². The van der Waals surface area contributed by atoms with E-state index in [0.29, 0.717) is 12.2 Å². The summed E-state index contributed by atoms with van der Waals surface area (Å²) in [6.45, 7) is 0.369. The molecule has 20 heavy (non-hydrogen) atoms. The Kier molecular flexibility index (Phi) is 4.66. The van der Waals surface area contributed by atoms with Crippen molar-refractivity contribution in [1.29, 1.82) is 0 Å². The normalized spacial score (nSPS) is 11.5. The molecule has 0 aliphatic heterocycles. The second-order valence-electron chi connectivity index (χ2n) is 3.99. The lowest BCUT2D eigenvalue weighted by Crippen LogP contribution is -2.24. The van der Waals surface area contributed by atoms with Crippen molar-refractivity contribution in [1.82, 2.24) is 14.7 Å². The first kappa shape index (κ1) is 14.9. The smallest absolute Gasteiger partial charge is 0.242 e. The maximum Gasteiger partial charge on any atom is 0.242 e. The molecule has 0 aliphatic carbocycles. The van der Waals surface area contributed by atoms with Crippen molar-refractivity contribution in [3.05, 3.63) is 53.1 Å². The van der Waals surface area contributed by atoms with E-state index in [0.717, 1.165) is 5.56 Å². The van der Waals surface area contributed by atoms with E-state index in [1.54, 1.807) is 24.4 Å². The molecule has 8 heteroatoms. The number of sulfonamides is 1. The molecule has 3 N–H and O–H groups in total. The second kappa shape index (κ2) is 6.27. The molecule has 0 amide bonds. The Balaban J connectivity index is 2.18. The average Bonchev–Trinajstić information content (AvgIpc) is 2.46. The number of hydrogen-bond acceptors (Lipinski definition) is 5. The van der Waals surface area contributed by atoms with E-state index in [9.17, 15) is 8.42 Å². The first-order valence-electron chi connectivity index (χ1n) is 5.76. The predicted octanol–water partition coefficient (Wildman–Crippen LogP) is 1.07. The fourth-order valence-corrected chi connectivity index (χ4v) is 3.12. The van der Waals surface area contributed by atoms with Gasteiger partial charge in [-0.25, -0.2) is 23.1 Å². The zero-order valence-electron chi connectivity index (χ0n) is 10.5. The Morgan fingerprint density at radius 3 is 2.70 bits per heavy atom. The summed E-state index contributed by atoms with van der Waals surface area (Å²) < 4.78 is 26.7. The summed E-state index contributed by atoms with van der Waals surface area (Å²) in [4.78, 5) is 7.72. The van der Waals surface area contributed by atoms with Gasteiger partial charge in [-0.3, -0.25) is 0 Å². The molecule has 1 aromatic carbocycles. The quantitative estimate of drug-likeness (QED) is 0.860. The van der Waals surface area contributed by atoms with Crippen molar-refractivity contribution in [2.75, 3.05) is 0 Å². The molecule has 0 radical (unpaired) electrons. The van der Waals surface area contributed by atoms with E-state index in [1.165, 1.54) is 12.4 Å². The Hall–Kier alpha value is -1.54. The zero-order valence-corrected chi connectivity index (χ0v) is 12.0. The summed E-state index contributed by atoms with van der Waals surface area (Å²) in [5.41, 5.74) is 6.81. The van der Waals surface area contributed by atoms with Gasteiger partial charge in [0.15, 0.2) is 0 Å². The molecule has 0 aliphatic rings. The lowest BCUT2D eigenvalue weighted by Gasteiger charge is -2.09. The number of rotatable bonds is 5. The number of nitrogens with zero attached hydrogens (tertiary/aromatic N) is 2. The fraction of sp³-hybridized carbons (Fsp3) is 0.167. The lowest BCUT2D eigenvalue weighted by molar-refractivity contribution is 0.580. The van der Waals surface area contributed by atoms with Crippen LogP contribution in [0.25, 0.3) is 0 Å². The van der Waals surface area contributed by atoms with Crippen molar-refractivity contribution in [3.8, 4) is 0 Å². The van der Waals surface area contributed by atoms with Gasteiger partial charge in [0.1, 0.15) is 11.2 Å². The van der Waals surface area contributed by atoms with E-state index in [-0.39, 0.29) is 16.5 Å². The van der Waals surface area contributed by atoms with Crippen LogP contribution in [0.4, 0.5) is 0 Å². The summed E-state index contributed by atoms with van der Waals surface area (Å²) >= 11 is 5.97. The number of benzene rings is 1. The van der Waals surface area contributed by atoms with Crippen molar-refractivity contribution < 1.29 is 8.42 Å². The van der Waals surface area contributed by atoms with Gasteiger partial charge in [0.25, 0.3) is 0 Å². The molecule has 0 atom stereocenters. The van der Waals surface area contributed by atoms with Gasteiger partial charge in [0.05, 0.1) is 17.3 Å². The number of nitrogens with two attached hydrogens (primary N) is 1. The molecule has 2 aromatic rings. The van der Waals surface area contributed by atoms with Crippen LogP contribution in [0.3, 0.4) is 0 Å². The highest BCUT2D eigenvalue weighted by Crippen LogP contribution is 2.22. The summed E-state index contributed by atoms with van der Waals surface area (Å²) in [5.74, 6) is 0. The van der Waals surface area contributed by atoms with Crippen LogP contribution in [0.5, 0.6) is 0 Å². The monoisotopic (exact) mass is 312 g/mol. The lowest BCUT2D eigenvalue weighted by atomic mass is 10.2. The van der Waals surface area contributed by atoms with Crippen molar-refractivity contribution >= 4 is 21.6 Å². The van der Waals surface area contributed by atoms with Gasteiger partial charge in [-0.1, -0.05) is 17.7 Å². The molecular formula is C12H13ClN4O2S. The molecular weight excluding hydrogens is 300 g/mol. The Morgan fingerprint density at radius 1 is 1.30 bits per heavy atom. The third-order valence-corrected chi connectivity index (χ3v) is 4.49. The number of halogens is 1. The van der Waals surface area contributed by atoms with Crippen LogP contribution in [-0.2, 0) is 23.1 Å². The third-order valence-electron chi connectivity index (χ3n) is 2.61. The maximum absolute atomic E-state index is 12.2. The molecule has 6 nitrogen and oxygen atoms in total. The Bertz CT molecular complexity index is 692. The predicted molar refractivity (Wildman–Crippen MR) is 75.4 cm³/mol. The van der Waals surface area contributed by atoms with Crippen LogP contribution in [-0.4, -0.2) is 18.4 Å². The topological polar surface area (TPSA) is 98.0 Å². The summed E-state index contributed by atoms with van der Waals surface area (Å²) in [7, 11) is -3.70. The van der Waals surface area contributed by atoms with Gasteiger partial charge in [-0.2, -0.15) is 0 Å². The molecule has 0 saturated carbocycles. The highest BCUT2D eigenvalue weighted by molar-refractivity contribution is 7.89. The van der Waals surface area contributed by atoms with Gasteiger partial charge in [0.2, 0.25) is 10.0 Å². The number of hydrogen-bond donors (Lipinski definition) is 2. The van der Waals surface area contributed by atoms with Gasteiger partial charge >= 0.3 is 0 Å². The molecule has 1 heterocycles. The summed E-state index contributed by atoms with van der Waals surface area (Å²) in [6.07, 6.45) is 2.90. The molecule has 0 saturated heterocycles. The van der Waals surface area contributed by atoms with Gasteiger partial charge in [-0.15, -0.1) is 0 Å². The zero-order chi connectivity index (χ0) is 14.6. The van der Waals surface area contributed by atoms with E-state index >= 15 is 0 Å². The van der Waals surface area contributed by atoms with Crippen LogP contribution in [0.1, 0.15) is 11.3 Å². The minimum Gasteiger partial charge on any atom is -0.326 e. The van der Waals surface area contributed by atoms with Gasteiger partial charge in [-0.05, 0) is 23.8 Å². The van der Waals surface area contributed by atoms with E-state index in [2.05, 4.69) is 14.7 Å². The SMILES string of the molecule is NCc1ccc(S(=O)(=O)NCc2ccncn2)c(Cl)c1. The highest BCUT2D eigenvalue weighted by Gasteiger charge is 2.17. The van der Waals surface area contributed by atoms with Crippen LogP contribution in [0, 0.1) is 0 Å². The third kappa shape index (κ3) is 3.51. The number of aromatic nitrogens is 2. The maximum atomic E-state index is 12.2. The van der Waals surface area contributed by atoms with Crippen LogP contribution in [0.15, 0.2) is 41.7 Å². The molecule has 0 unspecified atom stereocenters. The molecule has 0 fully saturated rings. The van der Waals surface area contributed by atoms with Gasteiger partial charge in [0, 0.05) is 12.7 Å². The molecule has 106 valence electrons. The first-order chi connectivity index (χ1) is 9.53. The summed E-state index contributed by atoms with van der Waals surface area (Å²) in [6, 6.07) is 6.24. The van der Waals surface area contributed by atoms with E-state index in [4.69, 9.17) is 17.3 Å². The Morgan fingerprint density at radius 2 is 2.10 bits per heavy atom. The standard InChI is InChI=1S/C12H13ClN4O2S/c13-11-5-9(6-14)1-2-12(11)20(18,19)17-7-10-3-4-15-8-16-10/h1-5,8,17H,6-7,14H2. The van der Waals surface area contributed by atoms with Crippen molar-refractivity contribution in [2.24, 2.45) is 5.73 Å².